The fourth-order valence-electron chi connectivity index (χ4n) is 1.60. The molecule has 4 nitrogen and oxygen atoms in total. The summed E-state index contributed by atoms with van der Waals surface area (Å²) in [5, 5.41) is 11.5. The first-order valence-corrected chi connectivity index (χ1v) is 5.92. The quantitative estimate of drug-likeness (QED) is 0.888. The van der Waals surface area contributed by atoms with Crippen molar-refractivity contribution < 1.29 is 13.9 Å². The number of aliphatic hydroxyl groups is 1. The minimum Gasteiger partial charge on any atom is -0.395 e. The number of alkyl halides is 2. The van der Waals surface area contributed by atoms with E-state index < -0.39 is 13.0 Å². The van der Waals surface area contributed by atoms with Crippen LogP contribution in [0.1, 0.15) is 0 Å². The van der Waals surface area contributed by atoms with Gasteiger partial charge >= 0.3 is 0 Å². The number of hydrogen-bond donors (Lipinski definition) is 1. The van der Waals surface area contributed by atoms with E-state index in [-0.39, 0.29) is 13.2 Å². The van der Waals surface area contributed by atoms with Crippen molar-refractivity contribution in [2.75, 3.05) is 24.6 Å². The molecule has 0 amide bonds. The zero-order valence-corrected chi connectivity index (χ0v) is 9.70. The fraction of sp³-hybridized carbons (Fsp3) is 0.400. The SMILES string of the molecule is OCCN(CC(F)F)c1ncnc2sccc12. The van der Waals surface area contributed by atoms with Gasteiger partial charge in [0.15, 0.2) is 0 Å². The maximum absolute atomic E-state index is 12.5. The van der Waals surface area contributed by atoms with E-state index in [4.69, 9.17) is 5.11 Å². The molecular formula is C10H11F2N3OS. The highest BCUT2D eigenvalue weighted by molar-refractivity contribution is 7.16. The number of rotatable bonds is 5. The summed E-state index contributed by atoms with van der Waals surface area (Å²) in [6, 6.07) is 1.80. The predicted octanol–water partition coefficient (Wildman–Crippen LogP) is 1.76. The summed E-state index contributed by atoms with van der Waals surface area (Å²) >= 11 is 1.43. The van der Waals surface area contributed by atoms with Crippen LogP contribution in [0.15, 0.2) is 17.8 Å². The van der Waals surface area contributed by atoms with Crippen LogP contribution in [-0.2, 0) is 0 Å². The summed E-state index contributed by atoms with van der Waals surface area (Å²) in [6.45, 7) is -0.503. The topological polar surface area (TPSA) is 49.2 Å². The molecule has 0 unspecified atom stereocenters. The van der Waals surface area contributed by atoms with Crippen LogP contribution in [0.25, 0.3) is 10.2 Å². The van der Waals surface area contributed by atoms with Crippen molar-refractivity contribution in [2.24, 2.45) is 0 Å². The van der Waals surface area contributed by atoms with Crippen molar-refractivity contribution in [3.05, 3.63) is 17.8 Å². The van der Waals surface area contributed by atoms with Crippen molar-refractivity contribution in [3.63, 3.8) is 0 Å². The predicted molar refractivity (Wildman–Crippen MR) is 62.7 cm³/mol. The molecule has 0 atom stereocenters. The highest BCUT2D eigenvalue weighted by Gasteiger charge is 2.16. The Bertz CT molecular complexity index is 491. The molecule has 0 aliphatic carbocycles. The van der Waals surface area contributed by atoms with Crippen molar-refractivity contribution in [2.45, 2.75) is 6.43 Å². The van der Waals surface area contributed by atoms with E-state index in [0.717, 1.165) is 10.2 Å². The Morgan fingerprint density at radius 1 is 1.41 bits per heavy atom. The number of thiophene rings is 1. The highest BCUT2D eigenvalue weighted by Crippen LogP contribution is 2.26. The molecule has 17 heavy (non-hydrogen) atoms. The summed E-state index contributed by atoms with van der Waals surface area (Å²) in [7, 11) is 0. The number of aromatic nitrogens is 2. The number of anilines is 1. The maximum atomic E-state index is 12.5. The van der Waals surface area contributed by atoms with Crippen molar-refractivity contribution in [3.8, 4) is 0 Å². The molecule has 7 heteroatoms. The van der Waals surface area contributed by atoms with Crippen LogP contribution in [0.2, 0.25) is 0 Å². The van der Waals surface area contributed by atoms with E-state index >= 15 is 0 Å². The van der Waals surface area contributed by atoms with Crippen LogP contribution in [0.5, 0.6) is 0 Å². The van der Waals surface area contributed by atoms with Gasteiger partial charge < -0.3 is 10.0 Å². The molecule has 2 aromatic heterocycles. The summed E-state index contributed by atoms with van der Waals surface area (Å²) in [5.74, 6) is 0.450. The smallest absolute Gasteiger partial charge is 0.255 e. The Hall–Kier alpha value is -1.34. The standard InChI is InChI=1S/C10H11F2N3OS/c11-8(12)5-15(2-3-16)9-7-1-4-17-10(7)14-6-13-9/h1,4,6,8,16H,2-3,5H2. The highest BCUT2D eigenvalue weighted by atomic mass is 32.1. The van der Waals surface area contributed by atoms with Gasteiger partial charge in [0, 0.05) is 6.54 Å². The lowest BCUT2D eigenvalue weighted by Gasteiger charge is -2.22. The first-order valence-electron chi connectivity index (χ1n) is 5.04. The number of halogens is 2. The lowest BCUT2D eigenvalue weighted by atomic mass is 10.3. The first kappa shape index (κ1) is 12.1. The normalized spacial score (nSPS) is 11.3. The second-order valence-corrected chi connectivity index (χ2v) is 4.29. The third-order valence-corrected chi connectivity index (χ3v) is 3.09. The van der Waals surface area contributed by atoms with Gasteiger partial charge in [0.2, 0.25) is 0 Å². The average Bonchev–Trinajstić information content (AvgIpc) is 2.75. The largest absolute Gasteiger partial charge is 0.395 e. The molecule has 0 saturated carbocycles. The van der Waals surface area contributed by atoms with E-state index in [0.29, 0.717) is 5.82 Å². The first-order chi connectivity index (χ1) is 8.22. The van der Waals surface area contributed by atoms with Gasteiger partial charge in [-0.3, -0.25) is 0 Å². The van der Waals surface area contributed by atoms with E-state index in [1.165, 1.54) is 22.6 Å². The van der Waals surface area contributed by atoms with Crippen LogP contribution in [0.3, 0.4) is 0 Å². The molecule has 2 aromatic rings. The van der Waals surface area contributed by atoms with Crippen LogP contribution in [0, 0.1) is 0 Å². The monoisotopic (exact) mass is 259 g/mol. The van der Waals surface area contributed by atoms with Gasteiger partial charge in [0.25, 0.3) is 6.43 Å². The Balaban J connectivity index is 2.36. The Kier molecular flexibility index (Phi) is 3.80. The zero-order chi connectivity index (χ0) is 12.3. The van der Waals surface area contributed by atoms with Gasteiger partial charge in [-0.15, -0.1) is 11.3 Å². The Labute approximate surface area is 101 Å². The molecule has 0 aromatic carbocycles. The van der Waals surface area contributed by atoms with Crippen LogP contribution >= 0.6 is 11.3 Å². The van der Waals surface area contributed by atoms with Gasteiger partial charge in [0.1, 0.15) is 17.0 Å². The van der Waals surface area contributed by atoms with Crippen molar-refractivity contribution in [1.82, 2.24) is 9.97 Å². The van der Waals surface area contributed by atoms with E-state index in [1.54, 1.807) is 6.07 Å². The molecule has 0 fully saturated rings. The molecule has 2 heterocycles. The lowest BCUT2D eigenvalue weighted by molar-refractivity contribution is 0.152. The third-order valence-electron chi connectivity index (χ3n) is 2.27. The summed E-state index contributed by atoms with van der Waals surface area (Å²) in [5.41, 5.74) is 0. The Morgan fingerprint density at radius 3 is 2.94 bits per heavy atom. The average molecular weight is 259 g/mol. The Morgan fingerprint density at radius 2 is 2.24 bits per heavy atom. The van der Waals surface area contributed by atoms with E-state index in [2.05, 4.69) is 9.97 Å². The van der Waals surface area contributed by atoms with Crippen LogP contribution in [-0.4, -0.2) is 41.2 Å². The maximum Gasteiger partial charge on any atom is 0.255 e. The molecule has 2 rings (SSSR count). The summed E-state index contributed by atoms with van der Waals surface area (Å²) in [4.78, 5) is 10.2. The summed E-state index contributed by atoms with van der Waals surface area (Å²) < 4.78 is 24.9. The third kappa shape index (κ3) is 2.67. The van der Waals surface area contributed by atoms with Gasteiger partial charge in [-0.1, -0.05) is 0 Å². The molecule has 0 bridgehead atoms. The second-order valence-electron chi connectivity index (χ2n) is 3.40. The van der Waals surface area contributed by atoms with E-state index in [1.807, 2.05) is 5.38 Å². The molecular weight excluding hydrogens is 248 g/mol. The molecule has 0 aliphatic heterocycles. The van der Waals surface area contributed by atoms with Crippen LogP contribution < -0.4 is 4.90 Å². The fourth-order valence-corrected chi connectivity index (χ4v) is 2.33. The van der Waals surface area contributed by atoms with Gasteiger partial charge in [0.05, 0.1) is 18.5 Å². The minimum absolute atomic E-state index is 0.131. The molecule has 0 radical (unpaired) electrons. The molecule has 0 spiro atoms. The van der Waals surface area contributed by atoms with Gasteiger partial charge in [-0.05, 0) is 11.4 Å². The molecule has 1 N–H and O–H groups in total. The zero-order valence-electron chi connectivity index (χ0n) is 8.88. The van der Waals surface area contributed by atoms with Gasteiger partial charge in [-0.25, -0.2) is 18.7 Å². The number of nitrogens with zero attached hydrogens (tertiary/aromatic N) is 3. The van der Waals surface area contributed by atoms with Crippen molar-refractivity contribution in [1.29, 1.82) is 0 Å². The summed E-state index contributed by atoms with van der Waals surface area (Å²) in [6.07, 6.45) is -1.12. The number of fused-ring (bicyclic) bond motifs is 1. The number of aliphatic hydroxyl groups excluding tert-OH is 1. The molecule has 0 saturated heterocycles. The van der Waals surface area contributed by atoms with Crippen molar-refractivity contribution >= 4 is 27.4 Å². The molecule has 0 aliphatic rings. The van der Waals surface area contributed by atoms with E-state index in [9.17, 15) is 8.78 Å². The number of hydrogen-bond acceptors (Lipinski definition) is 5. The molecule has 92 valence electrons. The van der Waals surface area contributed by atoms with Crippen LogP contribution in [0.4, 0.5) is 14.6 Å². The minimum atomic E-state index is -2.47. The lowest BCUT2D eigenvalue weighted by Crippen LogP contribution is -2.32. The second kappa shape index (κ2) is 5.33. The van der Waals surface area contributed by atoms with Gasteiger partial charge in [-0.2, -0.15) is 0 Å².